The highest BCUT2D eigenvalue weighted by atomic mass is 35.5. The molecule has 0 aromatic heterocycles. The van der Waals surface area contributed by atoms with E-state index in [1.54, 1.807) is 12.1 Å². The van der Waals surface area contributed by atoms with Crippen LogP contribution in [0.5, 0.6) is 0 Å². The van der Waals surface area contributed by atoms with E-state index in [1.165, 1.54) is 0 Å². The van der Waals surface area contributed by atoms with Crippen LogP contribution in [0, 0.1) is 0 Å². The van der Waals surface area contributed by atoms with E-state index in [9.17, 15) is 0 Å². The van der Waals surface area contributed by atoms with E-state index in [2.05, 4.69) is 30.8 Å². The van der Waals surface area contributed by atoms with Gasteiger partial charge < -0.3 is 0 Å². The lowest BCUT2D eigenvalue weighted by Crippen LogP contribution is -2.52. The van der Waals surface area contributed by atoms with Crippen molar-refractivity contribution in [2.45, 2.75) is 26.3 Å². The van der Waals surface area contributed by atoms with Crippen molar-refractivity contribution >= 4 is 57.9 Å². The lowest BCUT2D eigenvalue weighted by Gasteiger charge is -2.40. The quantitative estimate of drug-likeness (QED) is 0.690. The molecule has 3 nitrogen and oxygen atoms in total. The maximum Gasteiger partial charge on any atom is 0.135 e. The third-order valence-electron chi connectivity index (χ3n) is 2.96. The van der Waals surface area contributed by atoms with Gasteiger partial charge in [-0.3, -0.25) is 10.0 Å². The van der Waals surface area contributed by atoms with Crippen molar-refractivity contribution in [1.29, 1.82) is 0 Å². The van der Waals surface area contributed by atoms with Crippen molar-refractivity contribution in [2.24, 2.45) is 4.99 Å². The van der Waals surface area contributed by atoms with Crippen LogP contribution in [0.25, 0.3) is 0 Å². The monoisotopic (exact) mass is 353 g/mol. The van der Waals surface area contributed by atoms with Gasteiger partial charge in [-0.25, -0.2) is 0 Å². The van der Waals surface area contributed by atoms with Crippen molar-refractivity contribution in [1.82, 2.24) is 5.01 Å². The number of amidine groups is 1. The smallest absolute Gasteiger partial charge is 0.135 e. The van der Waals surface area contributed by atoms with Gasteiger partial charge in [-0.15, -0.1) is 11.6 Å². The maximum atomic E-state index is 6.32. The number of hydrogen-bond donors (Lipinski definition) is 0. The number of nitrogens with zero attached hydrogens (tertiary/aromatic N) is 3. The van der Waals surface area contributed by atoms with Crippen molar-refractivity contribution in [2.75, 3.05) is 17.6 Å². The Morgan fingerprint density at radius 3 is 2.15 bits per heavy atom. The van der Waals surface area contributed by atoms with Crippen LogP contribution in [-0.4, -0.2) is 28.9 Å². The van der Waals surface area contributed by atoms with Gasteiger partial charge >= 0.3 is 0 Å². The minimum atomic E-state index is -0.149. The molecule has 1 heterocycles. The van der Waals surface area contributed by atoms with Gasteiger partial charge in [0.15, 0.2) is 0 Å². The first-order chi connectivity index (χ1) is 9.25. The first kappa shape index (κ1) is 16.2. The van der Waals surface area contributed by atoms with Gasteiger partial charge in [-0.1, -0.05) is 34.8 Å². The minimum absolute atomic E-state index is 0.149. The van der Waals surface area contributed by atoms with E-state index in [-0.39, 0.29) is 11.4 Å². The Morgan fingerprint density at radius 1 is 1.15 bits per heavy atom. The van der Waals surface area contributed by atoms with Gasteiger partial charge in [0.2, 0.25) is 0 Å². The lowest BCUT2D eigenvalue weighted by molar-refractivity contribution is 0.160. The van der Waals surface area contributed by atoms with Gasteiger partial charge in [0.25, 0.3) is 0 Å². The predicted molar refractivity (Wildman–Crippen MR) is 88.6 cm³/mol. The number of alkyl halides is 1. The Morgan fingerprint density at radius 2 is 1.70 bits per heavy atom. The van der Waals surface area contributed by atoms with E-state index in [1.807, 2.05) is 5.01 Å². The summed E-state index contributed by atoms with van der Waals surface area (Å²) in [4.78, 5) is 4.45. The Bertz CT molecular complexity index is 528. The highest BCUT2D eigenvalue weighted by Crippen LogP contribution is 2.40. The molecule has 0 N–H and O–H groups in total. The summed E-state index contributed by atoms with van der Waals surface area (Å²) in [7, 11) is 0. The average Bonchev–Trinajstić information content (AvgIpc) is 2.71. The van der Waals surface area contributed by atoms with Crippen LogP contribution in [0.15, 0.2) is 17.1 Å². The first-order valence-corrected chi connectivity index (χ1v) is 7.74. The van der Waals surface area contributed by atoms with Gasteiger partial charge in [0.05, 0.1) is 21.6 Å². The topological polar surface area (TPSA) is 18.8 Å². The number of benzene rings is 1. The number of hydrazine groups is 1. The summed E-state index contributed by atoms with van der Waals surface area (Å²) >= 11 is 24.6. The van der Waals surface area contributed by atoms with E-state index in [0.29, 0.717) is 33.3 Å². The Balaban J connectivity index is 2.55. The van der Waals surface area contributed by atoms with E-state index >= 15 is 0 Å². The molecule has 0 spiro atoms. The van der Waals surface area contributed by atoms with Crippen molar-refractivity contribution < 1.29 is 0 Å². The fourth-order valence-electron chi connectivity index (χ4n) is 2.02. The Labute approximate surface area is 139 Å². The highest BCUT2D eigenvalue weighted by molar-refractivity contribution is 6.43. The molecular weight excluding hydrogens is 340 g/mol. The zero-order valence-electron chi connectivity index (χ0n) is 11.4. The zero-order chi connectivity index (χ0) is 15.1. The van der Waals surface area contributed by atoms with Crippen molar-refractivity contribution in [3.63, 3.8) is 0 Å². The van der Waals surface area contributed by atoms with Crippen molar-refractivity contribution in [3.05, 3.63) is 27.2 Å². The normalized spacial score (nSPS) is 16.8. The van der Waals surface area contributed by atoms with Crippen LogP contribution >= 0.6 is 46.4 Å². The number of rotatable bonds is 2. The molecule has 0 saturated heterocycles. The number of anilines is 1. The average molecular weight is 355 g/mol. The fourth-order valence-corrected chi connectivity index (χ4v) is 3.19. The molecule has 110 valence electrons. The van der Waals surface area contributed by atoms with Crippen LogP contribution in [-0.2, 0) is 0 Å². The van der Waals surface area contributed by atoms with Crippen molar-refractivity contribution in [3.8, 4) is 0 Å². The van der Waals surface area contributed by atoms with Gasteiger partial charge in [0.1, 0.15) is 12.5 Å². The molecule has 7 heteroatoms. The minimum Gasteiger partial charge on any atom is -0.254 e. The number of hydrogen-bond acceptors (Lipinski definition) is 3. The van der Waals surface area contributed by atoms with Crippen LogP contribution in [0.2, 0.25) is 15.1 Å². The highest BCUT2D eigenvalue weighted by Gasteiger charge is 2.36. The largest absolute Gasteiger partial charge is 0.254 e. The predicted octanol–water partition coefficient (Wildman–Crippen LogP) is 5.08. The molecule has 1 aliphatic rings. The number of halogens is 4. The summed E-state index contributed by atoms with van der Waals surface area (Å²) < 4.78 is 0. The second kappa shape index (κ2) is 5.90. The van der Waals surface area contributed by atoms with Gasteiger partial charge in [-0.05, 0) is 32.9 Å². The SMILES string of the molecule is CC(C)(C)N1CN=C(CCl)N1c1c(Cl)cc(Cl)cc1Cl. The van der Waals surface area contributed by atoms with Crippen LogP contribution < -0.4 is 5.01 Å². The molecule has 1 aromatic carbocycles. The summed E-state index contributed by atoms with van der Waals surface area (Å²) in [6.45, 7) is 6.78. The van der Waals surface area contributed by atoms with Crippen LogP contribution in [0.3, 0.4) is 0 Å². The molecule has 0 saturated carbocycles. The van der Waals surface area contributed by atoms with E-state index < -0.39 is 0 Å². The molecule has 2 rings (SSSR count). The third kappa shape index (κ3) is 3.02. The Hall–Kier alpha value is -0.190. The molecule has 0 radical (unpaired) electrons. The Kier molecular flexibility index (Phi) is 4.77. The molecule has 1 aliphatic heterocycles. The molecule has 0 bridgehead atoms. The van der Waals surface area contributed by atoms with Gasteiger partial charge in [0, 0.05) is 10.6 Å². The second-order valence-electron chi connectivity index (χ2n) is 5.45. The van der Waals surface area contributed by atoms with E-state index in [0.717, 1.165) is 0 Å². The molecule has 0 atom stereocenters. The van der Waals surface area contributed by atoms with Crippen LogP contribution in [0.4, 0.5) is 5.69 Å². The van der Waals surface area contributed by atoms with E-state index in [4.69, 9.17) is 46.4 Å². The fraction of sp³-hybridized carbons (Fsp3) is 0.462. The molecule has 20 heavy (non-hydrogen) atoms. The lowest BCUT2D eigenvalue weighted by atomic mass is 10.1. The summed E-state index contributed by atoms with van der Waals surface area (Å²) in [6.07, 6.45) is 0. The second-order valence-corrected chi connectivity index (χ2v) is 6.97. The molecule has 1 aromatic rings. The molecule has 0 unspecified atom stereocenters. The molecule has 0 aliphatic carbocycles. The number of aliphatic imine (C=N–C) groups is 1. The summed E-state index contributed by atoms with van der Waals surface area (Å²) in [5.74, 6) is 0.995. The first-order valence-electron chi connectivity index (χ1n) is 6.07. The summed E-state index contributed by atoms with van der Waals surface area (Å²) in [6, 6.07) is 3.32. The van der Waals surface area contributed by atoms with Gasteiger partial charge in [-0.2, -0.15) is 5.01 Å². The van der Waals surface area contributed by atoms with Crippen LogP contribution in [0.1, 0.15) is 20.8 Å². The molecule has 0 fully saturated rings. The summed E-state index contributed by atoms with van der Waals surface area (Å²) in [5.41, 5.74) is 0.508. The molecule has 0 amide bonds. The summed E-state index contributed by atoms with van der Waals surface area (Å²) in [5, 5.41) is 5.38. The zero-order valence-corrected chi connectivity index (χ0v) is 14.4. The molecular formula is C13H15Cl4N3. The maximum absolute atomic E-state index is 6.32. The standard InChI is InChI=1S/C13H15Cl4N3/c1-13(2,3)19-7-18-11(6-14)20(19)12-9(16)4-8(15)5-10(12)17/h4-5H,6-7H2,1-3H3. The third-order valence-corrected chi connectivity index (χ3v) is 3.99.